The third-order valence-corrected chi connectivity index (χ3v) is 7.16. The van der Waals surface area contributed by atoms with Gasteiger partial charge in [-0.2, -0.15) is 5.10 Å². The molecular weight excluding hydrogens is 504 g/mol. The van der Waals surface area contributed by atoms with Crippen molar-refractivity contribution in [1.82, 2.24) is 15.6 Å². The SMILES string of the molecule is COc1cc(C=NNC(=O)CSc2nnc(-c3ccccc3)s2)ccc1OCc1ccccc1Cl. The Morgan fingerprint density at radius 2 is 1.89 bits per heavy atom. The minimum absolute atomic E-state index is 0.179. The molecule has 178 valence electrons. The summed E-state index contributed by atoms with van der Waals surface area (Å²) in [6.45, 7) is 0.318. The number of halogens is 1. The lowest BCUT2D eigenvalue weighted by Crippen LogP contribution is -2.19. The second kappa shape index (κ2) is 12.3. The number of carbonyl (C=O) groups excluding carboxylic acids is 1. The summed E-state index contributed by atoms with van der Waals surface area (Å²) in [5.74, 6) is 1.07. The highest BCUT2D eigenvalue weighted by Crippen LogP contribution is 2.30. The van der Waals surface area contributed by atoms with Gasteiger partial charge in [0.25, 0.3) is 5.91 Å². The normalized spacial score (nSPS) is 10.9. The number of benzene rings is 3. The van der Waals surface area contributed by atoms with E-state index in [0.29, 0.717) is 23.1 Å². The zero-order valence-electron chi connectivity index (χ0n) is 18.7. The van der Waals surface area contributed by atoms with E-state index < -0.39 is 0 Å². The van der Waals surface area contributed by atoms with E-state index in [1.54, 1.807) is 25.5 Å². The van der Waals surface area contributed by atoms with E-state index in [0.717, 1.165) is 26.0 Å². The molecule has 3 aromatic carbocycles. The molecule has 0 atom stereocenters. The lowest BCUT2D eigenvalue weighted by Gasteiger charge is -2.12. The van der Waals surface area contributed by atoms with Crippen LogP contribution in [0.5, 0.6) is 11.5 Å². The van der Waals surface area contributed by atoms with Gasteiger partial charge >= 0.3 is 0 Å². The number of aromatic nitrogens is 2. The molecule has 10 heteroatoms. The van der Waals surface area contributed by atoms with Gasteiger partial charge in [-0.25, -0.2) is 5.43 Å². The summed E-state index contributed by atoms with van der Waals surface area (Å²) in [4.78, 5) is 12.2. The van der Waals surface area contributed by atoms with Crippen molar-refractivity contribution in [1.29, 1.82) is 0 Å². The number of amides is 1. The minimum atomic E-state index is -0.241. The summed E-state index contributed by atoms with van der Waals surface area (Å²) in [6, 6.07) is 22.7. The summed E-state index contributed by atoms with van der Waals surface area (Å²) in [6.07, 6.45) is 1.54. The van der Waals surface area contributed by atoms with Gasteiger partial charge in [0.05, 0.1) is 19.1 Å². The summed E-state index contributed by atoms with van der Waals surface area (Å²) in [5, 5.41) is 13.8. The molecule has 0 saturated heterocycles. The molecule has 0 radical (unpaired) electrons. The number of methoxy groups -OCH3 is 1. The van der Waals surface area contributed by atoms with E-state index in [2.05, 4.69) is 20.7 Å². The van der Waals surface area contributed by atoms with Crippen LogP contribution in [-0.2, 0) is 11.4 Å². The van der Waals surface area contributed by atoms with E-state index in [9.17, 15) is 4.79 Å². The molecule has 1 aromatic heterocycles. The van der Waals surface area contributed by atoms with Gasteiger partial charge < -0.3 is 9.47 Å². The van der Waals surface area contributed by atoms with Crippen molar-refractivity contribution in [2.45, 2.75) is 10.9 Å². The lowest BCUT2D eigenvalue weighted by molar-refractivity contribution is -0.118. The van der Waals surface area contributed by atoms with Crippen molar-refractivity contribution in [3.63, 3.8) is 0 Å². The number of nitrogens with zero attached hydrogens (tertiary/aromatic N) is 3. The Morgan fingerprint density at radius 1 is 1.09 bits per heavy atom. The van der Waals surface area contributed by atoms with Gasteiger partial charge in [-0.05, 0) is 29.8 Å². The Labute approximate surface area is 216 Å². The largest absolute Gasteiger partial charge is 0.493 e. The highest BCUT2D eigenvalue weighted by Gasteiger charge is 2.10. The molecule has 0 saturated carbocycles. The van der Waals surface area contributed by atoms with Crippen molar-refractivity contribution >= 4 is 46.8 Å². The van der Waals surface area contributed by atoms with Crippen molar-refractivity contribution in [3.05, 3.63) is 88.9 Å². The van der Waals surface area contributed by atoms with E-state index in [4.69, 9.17) is 21.1 Å². The van der Waals surface area contributed by atoms with Crippen LogP contribution in [0.2, 0.25) is 5.02 Å². The lowest BCUT2D eigenvalue weighted by atomic mass is 10.2. The van der Waals surface area contributed by atoms with Gasteiger partial charge in [0, 0.05) is 16.1 Å². The van der Waals surface area contributed by atoms with E-state index >= 15 is 0 Å². The smallest absolute Gasteiger partial charge is 0.250 e. The van der Waals surface area contributed by atoms with Crippen LogP contribution in [-0.4, -0.2) is 35.2 Å². The molecule has 0 bridgehead atoms. The Morgan fingerprint density at radius 3 is 2.69 bits per heavy atom. The maximum Gasteiger partial charge on any atom is 0.250 e. The third-order valence-electron chi connectivity index (χ3n) is 4.69. The number of thioether (sulfide) groups is 1. The van der Waals surface area contributed by atoms with Gasteiger partial charge in [-0.3, -0.25) is 4.79 Å². The summed E-state index contributed by atoms with van der Waals surface area (Å²) in [5.41, 5.74) is 5.15. The topological polar surface area (TPSA) is 85.7 Å². The van der Waals surface area contributed by atoms with Crippen LogP contribution in [0.1, 0.15) is 11.1 Å². The van der Waals surface area contributed by atoms with Gasteiger partial charge in [-0.1, -0.05) is 83.2 Å². The molecule has 1 N–H and O–H groups in total. The summed E-state index contributed by atoms with van der Waals surface area (Å²) < 4.78 is 12.0. The number of rotatable bonds is 10. The quantitative estimate of drug-likeness (QED) is 0.163. The molecule has 7 nitrogen and oxygen atoms in total. The maximum atomic E-state index is 12.2. The van der Waals surface area contributed by atoms with Crippen molar-refractivity contribution in [2.24, 2.45) is 5.10 Å². The molecule has 0 aliphatic rings. The van der Waals surface area contributed by atoms with Crippen LogP contribution < -0.4 is 14.9 Å². The fourth-order valence-corrected chi connectivity index (χ4v) is 4.80. The fraction of sp³-hybridized carbons (Fsp3) is 0.120. The second-order valence-corrected chi connectivity index (χ2v) is 9.72. The Hall–Kier alpha value is -3.40. The molecule has 1 heterocycles. The fourth-order valence-electron chi connectivity index (χ4n) is 2.96. The summed E-state index contributed by atoms with van der Waals surface area (Å²) >= 11 is 8.95. The van der Waals surface area contributed by atoms with Crippen molar-refractivity contribution in [2.75, 3.05) is 12.9 Å². The molecule has 35 heavy (non-hydrogen) atoms. The standard InChI is InChI=1S/C25H21ClN4O3S2/c1-32-22-13-17(11-12-21(22)33-15-19-9-5-6-10-20(19)26)14-27-28-23(31)16-34-25-30-29-24(35-25)18-7-3-2-4-8-18/h2-14H,15-16H2,1H3,(H,28,31). The highest BCUT2D eigenvalue weighted by molar-refractivity contribution is 8.01. The first-order chi connectivity index (χ1) is 17.1. The number of ether oxygens (including phenoxy) is 2. The molecule has 1 amide bonds. The minimum Gasteiger partial charge on any atom is -0.493 e. The molecule has 4 aromatic rings. The highest BCUT2D eigenvalue weighted by atomic mass is 35.5. The van der Waals surface area contributed by atoms with Crippen LogP contribution in [0.25, 0.3) is 10.6 Å². The first-order valence-corrected chi connectivity index (χ1v) is 12.7. The first-order valence-electron chi connectivity index (χ1n) is 10.5. The molecule has 4 rings (SSSR count). The molecule has 0 aliphatic heterocycles. The van der Waals surface area contributed by atoms with Crippen molar-refractivity contribution in [3.8, 4) is 22.1 Å². The van der Waals surface area contributed by atoms with Crippen LogP contribution >= 0.6 is 34.7 Å². The van der Waals surface area contributed by atoms with Crippen LogP contribution in [0.4, 0.5) is 0 Å². The number of hydrogen-bond acceptors (Lipinski definition) is 8. The molecule has 0 spiro atoms. The molecule has 0 fully saturated rings. The van der Waals surface area contributed by atoms with Gasteiger partial charge in [-0.15, -0.1) is 10.2 Å². The number of hydrazone groups is 1. The number of nitrogens with one attached hydrogen (secondary N) is 1. The van der Waals surface area contributed by atoms with Gasteiger partial charge in [0.15, 0.2) is 15.8 Å². The van der Waals surface area contributed by atoms with Crippen molar-refractivity contribution < 1.29 is 14.3 Å². The maximum absolute atomic E-state index is 12.2. The first kappa shape index (κ1) is 24.7. The number of hydrogen-bond donors (Lipinski definition) is 1. The van der Waals surface area contributed by atoms with Gasteiger partial charge in [0.1, 0.15) is 11.6 Å². The predicted molar refractivity (Wildman–Crippen MR) is 141 cm³/mol. The number of carbonyl (C=O) groups is 1. The van der Waals surface area contributed by atoms with Crippen LogP contribution in [0, 0.1) is 0 Å². The third kappa shape index (κ3) is 7.05. The molecule has 0 aliphatic carbocycles. The predicted octanol–water partition coefficient (Wildman–Crippen LogP) is 5.69. The zero-order valence-corrected chi connectivity index (χ0v) is 21.1. The zero-order chi connectivity index (χ0) is 24.5. The average Bonchev–Trinajstić information content (AvgIpc) is 3.37. The average molecular weight is 525 g/mol. The van der Waals surface area contributed by atoms with Crippen LogP contribution in [0.3, 0.4) is 0 Å². The Kier molecular flexibility index (Phi) is 8.72. The summed E-state index contributed by atoms with van der Waals surface area (Å²) in [7, 11) is 1.56. The van der Waals surface area contributed by atoms with E-state index in [-0.39, 0.29) is 11.7 Å². The Bertz CT molecular complexity index is 1320. The molecular formula is C25H21ClN4O3S2. The monoisotopic (exact) mass is 524 g/mol. The van der Waals surface area contributed by atoms with Gasteiger partial charge in [0.2, 0.25) is 0 Å². The van der Waals surface area contributed by atoms with E-state index in [1.165, 1.54) is 23.1 Å². The van der Waals surface area contributed by atoms with Crippen LogP contribution in [0.15, 0.2) is 82.2 Å². The molecule has 0 unspecified atom stereocenters. The second-order valence-electron chi connectivity index (χ2n) is 7.11. The van der Waals surface area contributed by atoms with E-state index in [1.807, 2.05) is 60.7 Å². The Balaban J connectivity index is 1.27.